The molecule has 0 bridgehead atoms. The fraction of sp³-hybridized carbons (Fsp3) is 0.875. The quantitative estimate of drug-likeness (QED) is 0.501. The van der Waals surface area contributed by atoms with Gasteiger partial charge >= 0.3 is 0 Å². The van der Waals surface area contributed by atoms with Crippen molar-refractivity contribution in [3.63, 3.8) is 0 Å². The molecule has 0 saturated carbocycles. The van der Waals surface area contributed by atoms with Gasteiger partial charge in [0.2, 0.25) is 0 Å². The standard InChI is InChI=1S/C8H17NS2/c1-7(6-10-5)9-11-8(2,3)4/h6H2,1-5H3/b9-7-. The molecule has 0 heterocycles. The summed E-state index contributed by atoms with van der Waals surface area (Å²) in [6, 6.07) is 0. The van der Waals surface area contributed by atoms with Gasteiger partial charge in [0.1, 0.15) is 0 Å². The number of rotatable bonds is 3. The zero-order chi connectivity index (χ0) is 8.91. The summed E-state index contributed by atoms with van der Waals surface area (Å²) >= 11 is 3.47. The summed E-state index contributed by atoms with van der Waals surface area (Å²) in [7, 11) is 0. The molecule has 0 atom stereocenters. The van der Waals surface area contributed by atoms with E-state index >= 15 is 0 Å². The van der Waals surface area contributed by atoms with Crippen molar-refractivity contribution in [2.75, 3.05) is 12.0 Å². The fourth-order valence-electron chi connectivity index (χ4n) is 0.450. The summed E-state index contributed by atoms with van der Waals surface area (Å²) in [5.74, 6) is 1.04. The van der Waals surface area contributed by atoms with E-state index in [4.69, 9.17) is 0 Å². The molecular weight excluding hydrogens is 174 g/mol. The van der Waals surface area contributed by atoms with Gasteiger partial charge in [-0.05, 0) is 45.9 Å². The molecule has 0 rings (SSSR count). The summed E-state index contributed by atoms with van der Waals surface area (Å²) in [5, 5.41) is 0. The Bertz CT molecular complexity index is 136. The predicted molar refractivity (Wildman–Crippen MR) is 58.8 cm³/mol. The van der Waals surface area contributed by atoms with Gasteiger partial charge in [0.05, 0.1) is 0 Å². The van der Waals surface area contributed by atoms with Crippen molar-refractivity contribution >= 4 is 29.4 Å². The van der Waals surface area contributed by atoms with Crippen LogP contribution in [0.15, 0.2) is 4.40 Å². The highest BCUT2D eigenvalue weighted by Gasteiger charge is 2.09. The first-order valence-electron chi connectivity index (χ1n) is 3.66. The highest BCUT2D eigenvalue weighted by molar-refractivity contribution is 8.00. The van der Waals surface area contributed by atoms with Crippen molar-refractivity contribution in [2.45, 2.75) is 32.4 Å². The smallest absolute Gasteiger partial charge is 0.0330 e. The monoisotopic (exact) mass is 191 g/mol. The minimum absolute atomic E-state index is 0.250. The van der Waals surface area contributed by atoms with Crippen molar-refractivity contribution in [1.82, 2.24) is 0 Å². The Kier molecular flexibility index (Phi) is 5.26. The highest BCUT2D eigenvalue weighted by atomic mass is 32.2. The van der Waals surface area contributed by atoms with Crippen molar-refractivity contribution in [3.05, 3.63) is 0 Å². The van der Waals surface area contributed by atoms with Crippen LogP contribution >= 0.6 is 23.7 Å². The van der Waals surface area contributed by atoms with E-state index in [-0.39, 0.29) is 4.75 Å². The van der Waals surface area contributed by atoms with Crippen LogP contribution in [0.5, 0.6) is 0 Å². The molecule has 0 unspecified atom stereocenters. The van der Waals surface area contributed by atoms with Gasteiger partial charge in [-0.2, -0.15) is 11.8 Å². The Morgan fingerprint density at radius 2 is 1.91 bits per heavy atom. The molecule has 0 amide bonds. The van der Waals surface area contributed by atoms with Gasteiger partial charge in [0.15, 0.2) is 0 Å². The topological polar surface area (TPSA) is 12.4 Å². The van der Waals surface area contributed by atoms with Crippen LogP contribution in [0.2, 0.25) is 0 Å². The average molecular weight is 191 g/mol. The maximum absolute atomic E-state index is 4.40. The van der Waals surface area contributed by atoms with Gasteiger partial charge < -0.3 is 0 Å². The third-order valence-corrected chi connectivity index (χ3v) is 2.49. The highest BCUT2D eigenvalue weighted by Crippen LogP contribution is 2.24. The molecule has 11 heavy (non-hydrogen) atoms. The molecule has 0 aliphatic carbocycles. The molecular formula is C8H17NS2. The maximum Gasteiger partial charge on any atom is 0.0330 e. The fourth-order valence-corrected chi connectivity index (χ4v) is 1.51. The minimum Gasteiger partial charge on any atom is -0.224 e. The normalized spacial score (nSPS) is 13.7. The van der Waals surface area contributed by atoms with Crippen molar-refractivity contribution in [3.8, 4) is 0 Å². The van der Waals surface area contributed by atoms with Gasteiger partial charge in [-0.3, -0.25) is 0 Å². The molecule has 3 heteroatoms. The lowest BCUT2D eigenvalue weighted by Gasteiger charge is -2.13. The lowest BCUT2D eigenvalue weighted by atomic mass is 10.3. The predicted octanol–water partition coefficient (Wildman–Crippen LogP) is 3.26. The van der Waals surface area contributed by atoms with E-state index in [9.17, 15) is 0 Å². The van der Waals surface area contributed by atoms with Crippen LogP contribution in [0, 0.1) is 0 Å². The van der Waals surface area contributed by atoms with Crippen LogP contribution in [0.4, 0.5) is 0 Å². The molecule has 66 valence electrons. The molecule has 1 nitrogen and oxygen atoms in total. The maximum atomic E-state index is 4.40. The molecule has 0 aromatic rings. The minimum atomic E-state index is 0.250. The summed E-state index contributed by atoms with van der Waals surface area (Å²) in [6.07, 6.45) is 2.10. The van der Waals surface area contributed by atoms with Crippen LogP contribution in [0.25, 0.3) is 0 Å². The summed E-state index contributed by atoms with van der Waals surface area (Å²) in [4.78, 5) is 0. The summed E-state index contributed by atoms with van der Waals surface area (Å²) in [6.45, 7) is 8.60. The molecule has 0 spiro atoms. The van der Waals surface area contributed by atoms with Crippen LogP contribution in [-0.4, -0.2) is 22.5 Å². The van der Waals surface area contributed by atoms with Crippen LogP contribution in [0.1, 0.15) is 27.7 Å². The first-order chi connectivity index (χ1) is 4.95. The van der Waals surface area contributed by atoms with E-state index in [0.29, 0.717) is 0 Å². The molecule has 0 aromatic carbocycles. The average Bonchev–Trinajstić information content (AvgIpc) is 1.83. The zero-order valence-electron chi connectivity index (χ0n) is 7.97. The van der Waals surface area contributed by atoms with E-state index in [1.807, 2.05) is 11.8 Å². The Labute approximate surface area is 78.6 Å². The number of hydrogen-bond donors (Lipinski definition) is 0. The SMILES string of the molecule is CSC/C(C)=N\SC(C)(C)C. The lowest BCUT2D eigenvalue weighted by molar-refractivity contribution is 0.804. The van der Waals surface area contributed by atoms with Crippen molar-refractivity contribution < 1.29 is 0 Å². The molecule has 0 saturated heterocycles. The third-order valence-electron chi connectivity index (χ3n) is 0.829. The number of nitrogens with zero attached hydrogens (tertiary/aromatic N) is 1. The van der Waals surface area contributed by atoms with E-state index in [1.165, 1.54) is 5.71 Å². The zero-order valence-corrected chi connectivity index (χ0v) is 9.60. The summed E-state index contributed by atoms with van der Waals surface area (Å²) < 4.78 is 4.65. The molecule has 0 aromatic heterocycles. The van der Waals surface area contributed by atoms with Gasteiger partial charge in [-0.15, -0.1) is 0 Å². The Balaban J connectivity index is 3.73. The lowest BCUT2D eigenvalue weighted by Crippen LogP contribution is -2.06. The second kappa shape index (κ2) is 5.09. The molecule has 0 radical (unpaired) electrons. The van der Waals surface area contributed by atoms with Crippen LogP contribution in [-0.2, 0) is 0 Å². The summed E-state index contributed by atoms with van der Waals surface area (Å²) in [5.41, 5.74) is 1.22. The van der Waals surface area contributed by atoms with Gasteiger partial charge in [-0.25, -0.2) is 4.40 Å². The Hall–Kier alpha value is 0.370. The third kappa shape index (κ3) is 8.27. The van der Waals surface area contributed by atoms with E-state index in [2.05, 4.69) is 38.3 Å². The van der Waals surface area contributed by atoms with Crippen molar-refractivity contribution in [1.29, 1.82) is 0 Å². The van der Waals surface area contributed by atoms with Crippen LogP contribution < -0.4 is 0 Å². The van der Waals surface area contributed by atoms with E-state index < -0.39 is 0 Å². The largest absolute Gasteiger partial charge is 0.224 e. The second-order valence-electron chi connectivity index (χ2n) is 3.46. The number of thioether (sulfide) groups is 1. The second-order valence-corrected chi connectivity index (χ2v) is 5.92. The van der Waals surface area contributed by atoms with Gasteiger partial charge in [0, 0.05) is 16.2 Å². The van der Waals surface area contributed by atoms with Crippen molar-refractivity contribution in [2.24, 2.45) is 4.40 Å². The molecule has 0 fully saturated rings. The first-order valence-corrected chi connectivity index (χ1v) is 5.83. The Morgan fingerprint density at radius 3 is 2.27 bits per heavy atom. The van der Waals surface area contributed by atoms with E-state index in [0.717, 1.165) is 5.75 Å². The van der Waals surface area contributed by atoms with Gasteiger partial charge in [0.25, 0.3) is 0 Å². The first kappa shape index (κ1) is 11.4. The molecule has 0 N–H and O–H groups in total. The molecule has 0 aliphatic rings. The van der Waals surface area contributed by atoms with E-state index in [1.54, 1.807) is 11.9 Å². The van der Waals surface area contributed by atoms with Gasteiger partial charge in [-0.1, -0.05) is 0 Å². The Morgan fingerprint density at radius 1 is 1.36 bits per heavy atom. The molecule has 0 aliphatic heterocycles. The number of hydrogen-bond acceptors (Lipinski definition) is 3. The van der Waals surface area contributed by atoms with Crippen LogP contribution in [0.3, 0.4) is 0 Å².